The van der Waals surface area contributed by atoms with E-state index in [9.17, 15) is 4.79 Å². The van der Waals surface area contributed by atoms with E-state index in [0.717, 1.165) is 28.9 Å². The summed E-state index contributed by atoms with van der Waals surface area (Å²) in [7, 11) is 3.85. The molecule has 22 heavy (non-hydrogen) atoms. The summed E-state index contributed by atoms with van der Waals surface area (Å²) < 4.78 is 1.80. The summed E-state index contributed by atoms with van der Waals surface area (Å²) in [5.74, 6) is 0.00458. The Morgan fingerprint density at radius 1 is 1.32 bits per heavy atom. The van der Waals surface area contributed by atoms with E-state index in [1.54, 1.807) is 4.68 Å². The first-order valence-corrected chi connectivity index (χ1v) is 7.55. The second-order valence-corrected chi connectivity index (χ2v) is 5.64. The Hall–Kier alpha value is -2.14. The molecule has 0 spiro atoms. The summed E-state index contributed by atoms with van der Waals surface area (Å²) in [5, 5.41) is 7.32. The van der Waals surface area contributed by atoms with Gasteiger partial charge in [0, 0.05) is 31.0 Å². The molecule has 0 bridgehead atoms. The third kappa shape index (κ3) is 4.18. The lowest BCUT2D eigenvalue weighted by atomic mass is 10.1. The maximum atomic E-state index is 12.2. The van der Waals surface area contributed by atoms with Gasteiger partial charge in [-0.1, -0.05) is 25.1 Å². The molecule has 118 valence electrons. The van der Waals surface area contributed by atoms with Crippen LogP contribution in [0.4, 0.5) is 5.69 Å². The number of hydrogen-bond acceptors (Lipinski definition) is 3. The maximum Gasteiger partial charge on any atom is 0.238 e. The highest BCUT2D eigenvalue weighted by atomic mass is 16.2. The van der Waals surface area contributed by atoms with Crippen LogP contribution in [-0.4, -0.2) is 34.2 Å². The first-order valence-electron chi connectivity index (χ1n) is 7.55. The van der Waals surface area contributed by atoms with E-state index < -0.39 is 0 Å². The van der Waals surface area contributed by atoms with Crippen LogP contribution in [0.15, 0.2) is 30.5 Å². The van der Waals surface area contributed by atoms with E-state index >= 15 is 0 Å². The van der Waals surface area contributed by atoms with Gasteiger partial charge in [0.2, 0.25) is 5.91 Å². The monoisotopic (exact) mass is 300 g/mol. The minimum absolute atomic E-state index is 0.00458. The number of aryl methyl sites for hydroxylation is 3. The van der Waals surface area contributed by atoms with Crippen molar-refractivity contribution in [1.29, 1.82) is 0 Å². The Bertz CT molecular complexity index is 648. The average molecular weight is 300 g/mol. The van der Waals surface area contributed by atoms with E-state index in [2.05, 4.69) is 17.3 Å². The van der Waals surface area contributed by atoms with Gasteiger partial charge in [-0.3, -0.25) is 14.4 Å². The fourth-order valence-corrected chi connectivity index (χ4v) is 2.54. The molecule has 0 atom stereocenters. The second-order valence-electron chi connectivity index (χ2n) is 5.64. The molecule has 5 heteroatoms. The fourth-order valence-electron chi connectivity index (χ4n) is 2.54. The lowest BCUT2D eigenvalue weighted by molar-refractivity contribution is -0.117. The molecule has 0 saturated carbocycles. The minimum Gasteiger partial charge on any atom is -0.325 e. The maximum absolute atomic E-state index is 12.2. The van der Waals surface area contributed by atoms with Crippen LogP contribution in [0.3, 0.4) is 0 Å². The van der Waals surface area contributed by atoms with Crippen LogP contribution in [0.25, 0.3) is 0 Å². The Labute approximate surface area is 131 Å². The van der Waals surface area contributed by atoms with Crippen molar-refractivity contribution in [2.24, 2.45) is 7.05 Å². The van der Waals surface area contributed by atoms with Gasteiger partial charge in [-0.15, -0.1) is 0 Å². The number of rotatable bonds is 6. The SMILES string of the molecule is CCc1ccccc1NC(=O)CN(C)Cc1cn(C)nc1C. The lowest BCUT2D eigenvalue weighted by Gasteiger charge is -2.16. The fraction of sp³-hybridized carbons (Fsp3) is 0.412. The van der Waals surface area contributed by atoms with Crippen LogP contribution in [0.1, 0.15) is 23.7 Å². The van der Waals surface area contributed by atoms with Crippen LogP contribution in [0.5, 0.6) is 0 Å². The number of hydrogen-bond donors (Lipinski definition) is 1. The van der Waals surface area contributed by atoms with Crippen molar-refractivity contribution >= 4 is 11.6 Å². The Balaban J connectivity index is 1.92. The molecule has 0 fully saturated rings. The minimum atomic E-state index is 0.00458. The molecule has 1 N–H and O–H groups in total. The summed E-state index contributed by atoms with van der Waals surface area (Å²) in [6.07, 6.45) is 2.90. The van der Waals surface area contributed by atoms with E-state index in [1.807, 2.05) is 56.4 Å². The number of carbonyl (C=O) groups excluding carboxylic acids is 1. The van der Waals surface area contributed by atoms with Crippen molar-refractivity contribution in [3.05, 3.63) is 47.3 Å². The topological polar surface area (TPSA) is 50.2 Å². The Morgan fingerprint density at radius 3 is 2.68 bits per heavy atom. The molecule has 0 radical (unpaired) electrons. The molecule has 1 aromatic heterocycles. The van der Waals surface area contributed by atoms with Gasteiger partial charge in [-0.2, -0.15) is 5.10 Å². The normalized spacial score (nSPS) is 11.0. The van der Waals surface area contributed by atoms with Gasteiger partial charge in [0.25, 0.3) is 0 Å². The quantitative estimate of drug-likeness (QED) is 0.891. The van der Waals surface area contributed by atoms with Crippen LogP contribution in [-0.2, 0) is 24.8 Å². The second kappa shape index (κ2) is 7.22. The third-order valence-corrected chi connectivity index (χ3v) is 3.64. The standard InChI is InChI=1S/C17H24N4O/c1-5-14-8-6-7-9-16(14)18-17(22)12-20(3)10-15-11-21(4)19-13(15)2/h6-9,11H,5,10,12H2,1-4H3,(H,18,22). The van der Waals surface area contributed by atoms with Gasteiger partial charge in [0.15, 0.2) is 0 Å². The molecule has 5 nitrogen and oxygen atoms in total. The summed E-state index contributed by atoms with van der Waals surface area (Å²) >= 11 is 0. The smallest absolute Gasteiger partial charge is 0.238 e. The van der Waals surface area contributed by atoms with Crippen LogP contribution >= 0.6 is 0 Å². The number of nitrogens with zero attached hydrogens (tertiary/aromatic N) is 3. The number of likely N-dealkylation sites (N-methyl/N-ethyl adjacent to an activating group) is 1. The highest BCUT2D eigenvalue weighted by molar-refractivity contribution is 5.92. The summed E-state index contributed by atoms with van der Waals surface area (Å²) in [5.41, 5.74) is 4.21. The molecule has 0 aliphatic heterocycles. The molecule has 0 aliphatic rings. The largest absolute Gasteiger partial charge is 0.325 e. The molecular weight excluding hydrogens is 276 g/mol. The molecular formula is C17H24N4O. The number of anilines is 1. The molecule has 1 amide bonds. The van der Waals surface area contributed by atoms with E-state index in [-0.39, 0.29) is 5.91 Å². The first-order chi connectivity index (χ1) is 10.5. The highest BCUT2D eigenvalue weighted by Crippen LogP contribution is 2.15. The predicted octanol–water partition coefficient (Wildman–Crippen LogP) is 2.36. The van der Waals surface area contributed by atoms with Gasteiger partial charge < -0.3 is 5.32 Å². The van der Waals surface area contributed by atoms with Crippen LogP contribution in [0, 0.1) is 6.92 Å². The Morgan fingerprint density at radius 2 is 2.05 bits per heavy atom. The van der Waals surface area contributed by atoms with Crippen LogP contribution < -0.4 is 5.32 Å². The van der Waals surface area contributed by atoms with Gasteiger partial charge in [-0.25, -0.2) is 0 Å². The summed E-state index contributed by atoms with van der Waals surface area (Å²) in [6, 6.07) is 7.92. The Kier molecular flexibility index (Phi) is 5.33. The van der Waals surface area contributed by atoms with Crippen molar-refractivity contribution in [1.82, 2.24) is 14.7 Å². The molecule has 0 unspecified atom stereocenters. The van der Waals surface area contributed by atoms with E-state index in [1.165, 1.54) is 0 Å². The zero-order valence-corrected chi connectivity index (χ0v) is 13.8. The molecule has 0 saturated heterocycles. The highest BCUT2D eigenvalue weighted by Gasteiger charge is 2.11. The predicted molar refractivity (Wildman–Crippen MR) is 88.7 cm³/mol. The zero-order chi connectivity index (χ0) is 16.1. The number of para-hydroxylation sites is 1. The molecule has 0 aliphatic carbocycles. The van der Waals surface area contributed by atoms with E-state index in [0.29, 0.717) is 13.1 Å². The van der Waals surface area contributed by atoms with Crippen molar-refractivity contribution in [2.75, 3.05) is 18.9 Å². The molecule has 1 aromatic carbocycles. The van der Waals surface area contributed by atoms with Crippen molar-refractivity contribution < 1.29 is 4.79 Å². The van der Waals surface area contributed by atoms with Crippen molar-refractivity contribution in [3.8, 4) is 0 Å². The van der Waals surface area contributed by atoms with E-state index in [4.69, 9.17) is 0 Å². The van der Waals surface area contributed by atoms with Crippen molar-refractivity contribution in [3.63, 3.8) is 0 Å². The molecule has 2 rings (SSSR count). The number of aromatic nitrogens is 2. The third-order valence-electron chi connectivity index (χ3n) is 3.64. The number of carbonyl (C=O) groups is 1. The first kappa shape index (κ1) is 16.2. The van der Waals surface area contributed by atoms with Gasteiger partial charge in [0.1, 0.15) is 0 Å². The summed E-state index contributed by atoms with van der Waals surface area (Å²) in [4.78, 5) is 14.2. The molecule has 2 aromatic rings. The van der Waals surface area contributed by atoms with Gasteiger partial charge >= 0.3 is 0 Å². The lowest BCUT2D eigenvalue weighted by Crippen LogP contribution is -2.30. The average Bonchev–Trinajstić information content (AvgIpc) is 2.77. The zero-order valence-electron chi connectivity index (χ0n) is 13.8. The van der Waals surface area contributed by atoms with Crippen LogP contribution in [0.2, 0.25) is 0 Å². The van der Waals surface area contributed by atoms with Crippen molar-refractivity contribution in [2.45, 2.75) is 26.8 Å². The molecule has 1 heterocycles. The van der Waals surface area contributed by atoms with Gasteiger partial charge in [-0.05, 0) is 32.0 Å². The summed E-state index contributed by atoms with van der Waals surface area (Å²) in [6.45, 7) is 5.14. The number of nitrogens with one attached hydrogen (secondary N) is 1. The van der Waals surface area contributed by atoms with Gasteiger partial charge in [0.05, 0.1) is 12.2 Å². The number of amides is 1. The number of benzene rings is 1.